The van der Waals surface area contributed by atoms with E-state index in [0.717, 1.165) is 11.1 Å². The first-order valence-electron chi connectivity index (χ1n) is 10.4. The van der Waals surface area contributed by atoms with Gasteiger partial charge in [-0.2, -0.15) is 0 Å². The van der Waals surface area contributed by atoms with Gasteiger partial charge in [0.05, 0.1) is 12.8 Å². The van der Waals surface area contributed by atoms with Crippen molar-refractivity contribution in [1.29, 1.82) is 0 Å². The van der Waals surface area contributed by atoms with Crippen LogP contribution in [0.15, 0.2) is 60.8 Å². The number of halogens is 1. The molecule has 0 bridgehead atoms. The van der Waals surface area contributed by atoms with Gasteiger partial charge in [0.2, 0.25) is 0 Å². The maximum Gasteiger partial charge on any atom is 0.329 e. The molecule has 0 spiro atoms. The topological polar surface area (TPSA) is 77.3 Å². The molecule has 1 unspecified atom stereocenters. The zero-order valence-corrected chi connectivity index (χ0v) is 18.4. The predicted octanol–water partition coefficient (Wildman–Crippen LogP) is 3.48. The van der Waals surface area contributed by atoms with Crippen molar-refractivity contribution in [3.8, 4) is 0 Å². The zero-order chi connectivity index (χ0) is 22.5. The van der Waals surface area contributed by atoms with Crippen molar-refractivity contribution < 1.29 is 18.7 Å². The Morgan fingerprint density at radius 2 is 1.91 bits per heavy atom. The quantitative estimate of drug-likeness (QED) is 0.509. The molecule has 1 fully saturated rings. The van der Waals surface area contributed by atoms with Gasteiger partial charge in [0.1, 0.15) is 17.2 Å². The third kappa shape index (κ3) is 4.83. The van der Waals surface area contributed by atoms with Crippen molar-refractivity contribution >= 4 is 23.6 Å². The van der Waals surface area contributed by atoms with Gasteiger partial charge in [-0.1, -0.05) is 47.7 Å². The van der Waals surface area contributed by atoms with Gasteiger partial charge in [-0.05, 0) is 36.6 Å². The lowest BCUT2D eigenvalue weighted by atomic mass is 10.1. The molecule has 1 aliphatic rings. The van der Waals surface area contributed by atoms with E-state index in [1.165, 1.54) is 23.9 Å². The molecule has 32 heavy (non-hydrogen) atoms. The molecule has 0 saturated carbocycles. The number of ether oxygens (including phenoxy) is 1. The minimum Gasteiger partial charge on any atom is -0.464 e. The van der Waals surface area contributed by atoms with Crippen molar-refractivity contribution in [1.82, 2.24) is 19.9 Å². The second-order valence-electron chi connectivity index (χ2n) is 7.32. The van der Waals surface area contributed by atoms with Crippen LogP contribution in [0.5, 0.6) is 0 Å². The molecule has 1 aromatic heterocycles. The van der Waals surface area contributed by atoms with E-state index in [9.17, 15) is 14.0 Å². The number of nitrogens with zero attached hydrogens (tertiary/aromatic N) is 4. The van der Waals surface area contributed by atoms with Gasteiger partial charge in [-0.3, -0.25) is 9.48 Å². The number of esters is 1. The van der Waals surface area contributed by atoms with E-state index >= 15 is 0 Å². The molecule has 0 N–H and O–H groups in total. The molecule has 1 amide bonds. The SMILES string of the molecule is CCOC(=O)[C@@H]1CSC(c2ccccc2)N1C(=O)c1cn(CCc2ccc(F)cc2)nn1. The lowest BCUT2D eigenvalue weighted by Gasteiger charge is -2.27. The van der Waals surface area contributed by atoms with E-state index < -0.39 is 12.0 Å². The van der Waals surface area contributed by atoms with Crippen molar-refractivity contribution in [2.24, 2.45) is 0 Å². The molecule has 4 rings (SSSR count). The van der Waals surface area contributed by atoms with Crippen LogP contribution in [0.3, 0.4) is 0 Å². The Morgan fingerprint density at radius 1 is 1.16 bits per heavy atom. The van der Waals surface area contributed by atoms with Crippen molar-refractivity contribution in [3.05, 3.63) is 83.4 Å². The molecule has 166 valence electrons. The molecule has 0 radical (unpaired) electrons. The number of aromatic nitrogens is 3. The molecule has 3 aromatic rings. The summed E-state index contributed by atoms with van der Waals surface area (Å²) in [5.74, 6) is -0.622. The van der Waals surface area contributed by atoms with E-state index in [2.05, 4.69) is 10.3 Å². The predicted molar refractivity (Wildman–Crippen MR) is 118 cm³/mol. The fourth-order valence-corrected chi connectivity index (χ4v) is 5.00. The molecular formula is C23H23FN4O3S. The Kier molecular flexibility index (Phi) is 6.84. The van der Waals surface area contributed by atoms with Crippen LogP contribution >= 0.6 is 11.8 Å². The maximum atomic E-state index is 13.4. The molecule has 9 heteroatoms. The van der Waals surface area contributed by atoms with Crippen LogP contribution in [-0.4, -0.2) is 50.2 Å². The fraction of sp³-hybridized carbons (Fsp3) is 0.304. The first-order chi connectivity index (χ1) is 15.6. The van der Waals surface area contributed by atoms with Crippen LogP contribution in [0.1, 0.15) is 33.9 Å². The summed E-state index contributed by atoms with van der Waals surface area (Å²) in [5.41, 5.74) is 2.06. The fourth-order valence-electron chi connectivity index (χ4n) is 3.58. The largest absolute Gasteiger partial charge is 0.464 e. The normalized spacial score (nSPS) is 18.0. The minimum absolute atomic E-state index is 0.168. The summed E-state index contributed by atoms with van der Waals surface area (Å²) in [4.78, 5) is 27.5. The van der Waals surface area contributed by atoms with Crippen LogP contribution in [0.4, 0.5) is 4.39 Å². The maximum absolute atomic E-state index is 13.4. The average Bonchev–Trinajstić information content (AvgIpc) is 3.47. The van der Waals surface area contributed by atoms with Crippen molar-refractivity contribution in [3.63, 3.8) is 0 Å². The number of hydrogen-bond donors (Lipinski definition) is 0. The Hall–Kier alpha value is -3.20. The third-order valence-corrected chi connectivity index (χ3v) is 6.50. The monoisotopic (exact) mass is 454 g/mol. The molecule has 1 aliphatic heterocycles. The van der Waals surface area contributed by atoms with Crippen LogP contribution in [0.2, 0.25) is 0 Å². The van der Waals surface area contributed by atoms with E-state index in [0.29, 0.717) is 18.7 Å². The average molecular weight is 455 g/mol. The minimum atomic E-state index is -0.693. The van der Waals surface area contributed by atoms with Gasteiger partial charge in [-0.15, -0.1) is 16.9 Å². The second-order valence-corrected chi connectivity index (χ2v) is 8.43. The lowest BCUT2D eigenvalue weighted by molar-refractivity contribution is -0.147. The van der Waals surface area contributed by atoms with Gasteiger partial charge >= 0.3 is 5.97 Å². The molecule has 7 nitrogen and oxygen atoms in total. The van der Waals surface area contributed by atoms with Gasteiger partial charge < -0.3 is 9.64 Å². The van der Waals surface area contributed by atoms with E-state index in [1.54, 1.807) is 34.8 Å². The van der Waals surface area contributed by atoms with Crippen LogP contribution in [0.25, 0.3) is 0 Å². The van der Waals surface area contributed by atoms with Crippen LogP contribution in [0, 0.1) is 5.82 Å². The Morgan fingerprint density at radius 3 is 2.62 bits per heavy atom. The number of thioether (sulfide) groups is 1. The Labute approximate surface area is 189 Å². The van der Waals surface area contributed by atoms with Gasteiger partial charge in [0, 0.05) is 12.3 Å². The summed E-state index contributed by atoms with van der Waals surface area (Å²) in [7, 11) is 0. The number of rotatable bonds is 7. The van der Waals surface area contributed by atoms with Crippen LogP contribution < -0.4 is 0 Å². The summed E-state index contributed by atoms with van der Waals surface area (Å²) in [6.45, 7) is 2.48. The molecule has 2 atom stereocenters. The summed E-state index contributed by atoms with van der Waals surface area (Å²) >= 11 is 1.52. The molecule has 1 saturated heterocycles. The highest BCUT2D eigenvalue weighted by Crippen LogP contribution is 2.42. The first-order valence-corrected chi connectivity index (χ1v) is 11.4. The highest BCUT2D eigenvalue weighted by Gasteiger charge is 2.44. The highest BCUT2D eigenvalue weighted by atomic mass is 32.2. The lowest BCUT2D eigenvalue weighted by Crippen LogP contribution is -2.44. The summed E-state index contributed by atoms with van der Waals surface area (Å²) in [6.07, 6.45) is 2.20. The smallest absolute Gasteiger partial charge is 0.329 e. The number of carbonyl (C=O) groups is 2. The van der Waals surface area contributed by atoms with Crippen molar-refractivity contribution in [2.75, 3.05) is 12.4 Å². The standard InChI is InChI=1S/C23H23FN4O3S/c1-2-31-23(30)20-15-32-22(17-6-4-3-5-7-17)28(20)21(29)19-14-27(26-25-19)13-12-16-8-10-18(24)11-9-16/h3-11,14,20,22H,2,12-13,15H2,1H3/t20-,22?/m0/s1. The second kappa shape index (κ2) is 9.95. The van der Waals surface area contributed by atoms with Crippen LogP contribution in [-0.2, 0) is 22.5 Å². The van der Waals surface area contributed by atoms with Gasteiger partial charge in [0.25, 0.3) is 5.91 Å². The molecular weight excluding hydrogens is 431 g/mol. The summed E-state index contributed by atoms with van der Waals surface area (Å²) in [6, 6.07) is 15.2. The van der Waals surface area contributed by atoms with E-state index in [1.807, 2.05) is 30.3 Å². The van der Waals surface area contributed by atoms with E-state index in [4.69, 9.17) is 4.74 Å². The third-order valence-electron chi connectivity index (χ3n) is 5.18. The Balaban J connectivity index is 1.53. The van der Waals surface area contributed by atoms with Gasteiger partial charge in [0.15, 0.2) is 5.69 Å². The Bertz CT molecular complexity index is 1070. The van der Waals surface area contributed by atoms with Gasteiger partial charge in [-0.25, -0.2) is 9.18 Å². The van der Waals surface area contributed by atoms with E-state index in [-0.39, 0.29) is 29.4 Å². The molecule has 0 aliphatic carbocycles. The number of aryl methyl sites for hydroxylation is 2. The van der Waals surface area contributed by atoms with Crippen molar-refractivity contribution in [2.45, 2.75) is 31.3 Å². The zero-order valence-electron chi connectivity index (χ0n) is 17.6. The summed E-state index contributed by atoms with van der Waals surface area (Å²) in [5, 5.41) is 7.81. The molecule has 2 aromatic carbocycles. The first kappa shape index (κ1) is 22.0. The number of amides is 1. The number of hydrogen-bond acceptors (Lipinski definition) is 6. The molecule has 2 heterocycles. The summed E-state index contributed by atoms with van der Waals surface area (Å²) < 4.78 is 19.9. The number of benzene rings is 2. The number of carbonyl (C=O) groups excluding carboxylic acids is 2. The highest BCUT2D eigenvalue weighted by molar-refractivity contribution is 7.99.